The molecule has 316 valence electrons. The van der Waals surface area contributed by atoms with Crippen LogP contribution in [-0.4, -0.2) is 0 Å². The molecule has 0 radical (unpaired) electrons. The molecule has 1 nitrogen and oxygen atoms in total. The monoisotopic (exact) mass is 871 g/mol. The van der Waals surface area contributed by atoms with Gasteiger partial charge in [0.1, 0.15) is 0 Å². The molecule has 10 aromatic carbocycles. The molecule has 67 heavy (non-hydrogen) atoms. The minimum atomic E-state index is -0.608. The van der Waals surface area contributed by atoms with Crippen LogP contribution in [0.5, 0.6) is 0 Å². The summed E-state index contributed by atoms with van der Waals surface area (Å²) in [4.78, 5) is 2.53. The van der Waals surface area contributed by atoms with Crippen LogP contribution in [-0.2, 0) is 16.2 Å². The third kappa shape index (κ3) is 5.09. The number of hydrogen-bond donors (Lipinski definition) is 0. The molecule has 0 fully saturated rings. The van der Waals surface area contributed by atoms with E-state index in [-0.39, 0.29) is 5.41 Å². The molecule has 0 amide bonds. The number of benzene rings is 10. The summed E-state index contributed by atoms with van der Waals surface area (Å²) < 4.78 is 2.61. The van der Waals surface area contributed by atoms with Crippen molar-refractivity contribution in [2.24, 2.45) is 0 Å². The summed E-state index contributed by atoms with van der Waals surface area (Å²) >= 11 is 1.87. The molecular weight excluding hydrogens is 827 g/mol. The second kappa shape index (κ2) is 14.1. The second-order valence-corrected chi connectivity index (χ2v) is 20.2. The highest BCUT2D eigenvalue weighted by Crippen LogP contribution is 2.65. The predicted octanol–water partition coefficient (Wildman–Crippen LogP) is 16.9. The van der Waals surface area contributed by atoms with Gasteiger partial charge in [0, 0.05) is 42.6 Å². The highest BCUT2D eigenvalue weighted by molar-refractivity contribution is 7.25. The Kier molecular flexibility index (Phi) is 8.11. The molecule has 14 rings (SSSR count). The number of rotatable bonds is 5. The maximum Gasteiger partial charge on any atom is 0.0720 e. The number of thiophene rings is 1. The van der Waals surface area contributed by atoms with Crippen LogP contribution in [0.4, 0.5) is 17.1 Å². The average molecular weight is 872 g/mol. The van der Waals surface area contributed by atoms with E-state index in [1.54, 1.807) is 0 Å². The summed E-state index contributed by atoms with van der Waals surface area (Å²) in [7, 11) is 0. The molecule has 3 aliphatic rings. The van der Waals surface area contributed by atoms with E-state index in [9.17, 15) is 0 Å². The van der Waals surface area contributed by atoms with Gasteiger partial charge in [-0.3, -0.25) is 0 Å². The van der Waals surface area contributed by atoms with Gasteiger partial charge in [0.2, 0.25) is 0 Å². The van der Waals surface area contributed by atoms with Gasteiger partial charge in [0.05, 0.1) is 10.8 Å². The third-order valence-corrected chi connectivity index (χ3v) is 16.8. The molecule has 1 spiro atoms. The van der Waals surface area contributed by atoms with Gasteiger partial charge in [-0.25, -0.2) is 0 Å². The van der Waals surface area contributed by atoms with E-state index in [1.165, 1.54) is 98.1 Å². The van der Waals surface area contributed by atoms with Crippen LogP contribution in [0.1, 0.15) is 69.5 Å². The summed E-state index contributed by atoms with van der Waals surface area (Å²) in [5, 5.41) is 2.59. The zero-order valence-electron chi connectivity index (χ0n) is 37.4. The number of hydrogen-bond acceptors (Lipinski definition) is 2. The van der Waals surface area contributed by atoms with Crippen LogP contribution >= 0.6 is 11.3 Å². The minimum absolute atomic E-state index is 0.149. The Bertz CT molecular complexity index is 3710. The van der Waals surface area contributed by atoms with Gasteiger partial charge in [0.15, 0.2) is 0 Å². The highest BCUT2D eigenvalue weighted by Gasteiger charge is 2.56. The van der Waals surface area contributed by atoms with Gasteiger partial charge >= 0.3 is 0 Å². The first-order valence-corrected chi connectivity index (χ1v) is 24.3. The summed E-state index contributed by atoms with van der Waals surface area (Å²) in [6, 6.07) is 89.7. The minimum Gasteiger partial charge on any atom is -0.310 e. The summed E-state index contributed by atoms with van der Waals surface area (Å²) in [6.45, 7) is 4.77. The van der Waals surface area contributed by atoms with E-state index in [4.69, 9.17) is 0 Å². The van der Waals surface area contributed by atoms with E-state index >= 15 is 0 Å². The van der Waals surface area contributed by atoms with Gasteiger partial charge in [0.25, 0.3) is 0 Å². The van der Waals surface area contributed by atoms with Crippen molar-refractivity contribution < 1.29 is 0 Å². The zero-order chi connectivity index (χ0) is 44.5. The molecule has 1 heterocycles. The maximum atomic E-state index is 2.55. The highest BCUT2D eigenvalue weighted by atomic mass is 32.1. The largest absolute Gasteiger partial charge is 0.310 e. The fraction of sp³-hybridized carbons (Fsp3) is 0.0769. The Labute approximate surface area is 395 Å². The first-order chi connectivity index (χ1) is 33.0. The van der Waals surface area contributed by atoms with Crippen molar-refractivity contribution in [3.8, 4) is 22.3 Å². The van der Waals surface area contributed by atoms with Crippen molar-refractivity contribution in [3.05, 3.63) is 292 Å². The lowest BCUT2D eigenvalue weighted by Gasteiger charge is -2.50. The van der Waals surface area contributed by atoms with Crippen molar-refractivity contribution in [2.45, 2.75) is 30.1 Å². The molecule has 0 unspecified atom stereocenters. The van der Waals surface area contributed by atoms with E-state index in [2.05, 4.69) is 255 Å². The van der Waals surface area contributed by atoms with Crippen LogP contribution in [0.15, 0.2) is 237 Å². The first-order valence-electron chi connectivity index (χ1n) is 23.5. The molecule has 2 heteroatoms. The standard InChI is InChI=1S/C65H45NS/c1-63(2)53-26-12-9-23-47(53)49-36-33-45(40-59(49)63)66(44-35-38-62-52(39-44)51-25-11-18-32-61(51)67-62)46-34-37-50-48-24-10-13-27-54(48)65(60(50)41-46)57-30-16-14-28-55(57)64(42-19-5-3-6-20-42,43-21-7-4-8-22-43)56-29-15-17-31-58(56)65/h3-41H,1-2H3. The van der Waals surface area contributed by atoms with Crippen LogP contribution in [0.25, 0.3) is 42.4 Å². The van der Waals surface area contributed by atoms with Gasteiger partial charge in [-0.05, 0) is 126 Å². The quantitative estimate of drug-likeness (QED) is 0.167. The molecule has 0 N–H and O–H groups in total. The van der Waals surface area contributed by atoms with Crippen molar-refractivity contribution >= 4 is 48.6 Å². The molecule has 0 aliphatic heterocycles. The molecule has 0 saturated heterocycles. The van der Waals surface area contributed by atoms with E-state index < -0.39 is 10.8 Å². The Balaban J connectivity index is 1.06. The Morgan fingerprint density at radius 3 is 1.34 bits per heavy atom. The van der Waals surface area contributed by atoms with Crippen LogP contribution in [0.2, 0.25) is 0 Å². The fourth-order valence-electron chi connectivity index (χ4n) is 12.8. The molecule has 0 bridgehead atoms. The fourth-order valence-corrected chi connectivity index (χ4v) is 13.9. The SMILES string of the molecule is CC1(C)c2ccccc2-c2ccc(N(c3ccc4c(c3)C3(c5ccccc5-4)c4ccccc4C(c4ccccc4)(c4ccccc4)c4ccccc43)c3ccc4sc5ccccc5c4c3)cc21. The molecule has 1 aromatic heterocycles. The maximum absolute atomic E-state index is 2.55. The molecule has 3 aliphatic carbocycles. The average Bonchev–Trinajstić information content (AvgIpc) is 3.98. The third-order valence-electron chi connectivity index (χ3n) is 15.6. The number of anilines is 3. The Hall–Kier alpha value is -7.78. The van der Waals surface area contributed by atoms with Gasteiger partial charge < -0.3 is 4.90 Å². The normalized spacial score (nSPS) is 15.1. The van der Waals surface area contributed by atoms with Gasteiger partial charge in [-0.2, -0.15) is 0 Å². The van der Waals surface area contributed by atoms with E-state index in [0.717, 1.165) is 17.1 Å². The van der Waals surface area contributed by atoms with Crippen molar-refractivity contribution in [1.82, 2.24) is 0 Å². The topological polar surface area (TPSA) is 3.24 Å². The molecular formula is C65H45NS. The lowest BCUT2D eigenvalue weighted by molar-refractivity contribution is 0.623. The summed E-state index contributed by atoms with van der Waals surface area (Å²) in [5.74, 6) is 0. The molecule has 0 saturated carbocycles. The zero-order valence-corrected chi connectivity index (χ0v) is 38.2. The smallest absolute Gasteiger partial charge is 0.0720 e. The Morgan fingerprint density at radius 1 is 0.299 bits per heavy atom. The van der Waals surface area contributed by atoms with Crippen molar-refractivity contribution in [3.63, 3.8) is 0 Å². The van der Waals surface area contributed by atoms with Crippen LogP contribution in [0.3, 0.4) is 0 Å². The van der Waals surface area contributed by atoms with Crippen LogP contribution < -0.4 is 4.90 Å². The summed E-state index contributed by atoms with van der Waals surface area (Å²) in [5.41, 5.74) is 20.5. The lowest BCUT2D eigenvalue weighted by Crippen LogP contribution is -2.44. The second-order valence-electron chi connectivity index (χ2n) is 19.1. The van der Waals surface area contributed by atoms with E-state index in [0.29, 0.717) is 0 Å². The Morgan fingerprint density at radius 2 is 0.716 bits per heavy atom. The van der Waals surface area contributed by atoms with Gasteiger partial charge in [-0.15, -0.1) is 11.3 Å². The van der Waals surface area contributed by atoms with Crippen molar-refractivity contribution in [2.75, 3.05) is 4.90 Å². The number of fused-ring (bicyclic) bond motifs is 15. The first kappa shape index (κ1) is 38.5. The van der Waals surface area contributed by atoms with Gasteiger partial charge in [-0.1, -0.05) is 202 Å². The number of nitrogens with zero attached hydrogens (tertiary/aromatic N) is 1. The predicted molar refractivity (Wildman–Crippen MR) is 281 cm³/mol. The van der Waals surface area contributed by atoms with E-state index in [1.807, 2.05) is 11.3 Å². The lowest BCUT2D eigenvalue weighted by atomic mass is 9.51. The van der Waals surface area contributed by atoms with Crippen LogP contribution in [0, 0.1) is 0 Å². The molecule has 0 atom stereocenters. The van der Waals surface area contributed by atoms with Crippen molar-refractivity contribution in [1.29, 1.82) is 0 Å². The summed E-state index contributed by atoms with van der Waals surface area (Å²) in [6.07, 6.45) is 0. The molecule has 11 aromatic rings.